The molecule has 0 radical (unpaired) electrons. The second kappa shape index (κ2) is 10.8. The molecular formula is C16H28N2O16S. The third kappa shape index (κ3) is 6.40. The third-order valence-corrected chi connectivity index (χ3v) is 5.98. The minimum absolute atomic E-state index is 0.890. The number of amides is 2. The van der Waals surface area contributed by atoms with Crippen LogP contribution in [0.1, 0.15) is 13.8 Å². The van der Waals surface area contributed by atoms with Crippen LogP contribution >= 0.6 is 0 Å². The molecule has 2 amide bonds. The van der Waals surface area contributed by atoms with Gasteiger partial charge in [0.1, 0.15) is 48.7 Å². The van der Waals surface area contributed by atoms with Crippen LogP contribution in [-0.2, 0) is 37.8 Å². The van der Waals surface area contributed by atoms with Crippen molar-refractivity contribution in [1.29, 1.82) is 0 Å². The maximum absolute atomic E-state index is 12.6. The molecule has 0 bridgehead atoms. The zero-order valence-electron chi connectivity index (χ0n) is 18.3. The SMILES string of the molecule is CC(=O)N[C@@H]1[C@@H](O)[C@H](O)[C@@H](CO)O[C@@]1(O)OS(=O)(=O)O[C@]1(O)O[C@H](CO)[C@@H](O)[C@H](O)[C@H]1NC(C)=O. The molecule has 0 aromatic carbocycles. The predicted octanol–water partition coefficient (Wildman–Crippen LogP) is -7.21. The molecule has 0 spiro atoms. The van der Waals surface area contributed by atoms with Gasteiger partial charge >= 0.3 is 22.3 Å². The number of nitrogens with one attached hydrogen (secondary N) is 2. The van der Waals surface area contributed by atoms with Crippen LogP contribution in [0.3, 0.4) is 0 Å². The molecule has 19 heteroatoms. The van der Waals surface area contributed by atoms with Gasteiger partial charge in [0.15, 0.2) is 0 Å². The summed E-state index contributed by atoms with van der Waals surface area (Å²) in [4.78, 5) is 23.0. The number of ether oxygens (including phenoxy) is 2. The molecule has 10 N–H and O–H groups in total. The van der Waals surface area contributed by atoms with Crippen LogP contribution in [0.25, 0.3) is 0 Å². The standard InChI is InChI=1S/C16H28N2O16S/c1-5(21)17-13-11(25)9(23)7(3-19)31-15(13,27)33-35(29,30)34-16(28)14(18-6(2)22)12(26)10(24)8(4-20)32-16/h7-14,19-20,23-28H,3-4H2,1-2H3,(H,17,21)(H,18,22)/t7-,8-,9-,10-,11+,12+,13-,14-,15-,16-/m1/s1. The van der Waals surface area contributed by atoms with Gasteiger partial charge in [-0.25, -0.2) is 0 Å². The van der Waals surface area contributed by atoms with E-state index in [0.717, 1.165) is 13.8 Å². The van der Waals surface area contributed by atoms with E-state index in [1.807, 2.05) is 10.6 Å². The van der Waals surface area contributed by atoms with Crippen LogP contribution in [0.2, 0.25) is 0 Å². The lowest BCUT2D eigenvalue weighted by atomic mass is 9.95. The minimum Gasteiger partial charge on any atom is -0.394 e. The number of hydrogen-bond acceptors (Lipinski definition) is 16. The second-order valence-electron chi connectivity index (χ2n) is 7.83. The monoisotopic (exact) mass is 536 g/mol. The Kier molecular flexibility index (Phi) is 9.15. The Morgan fingerprint density at radius 2 is 1.09 bits per heavy atom. The largest absolute Gasteiger partial charge is 0.409 e. The van der Waals surface area contributed by atoms with E-state index in [4.69, 9.17) is 9.47 Å². The first kappa shape index (κ1) is 29.6. The number of carbonyl (C=O) groups excluding carboxylic acids is 2. The van der Waals surface area contributed by atoms with Crippen molar-refractivity contribution in [3.8, 4) is 0 Å². The summed E-state index contributed by atoms with van der Waals surface area (Å²) in [6, 6.07) is -4.41. The van der Waals surface area contributed by atoms with E-state index in [-0.39, 0.29) is 0 Å². The highest BCUT2D eigenvalue weighted by atomic mass is 32.3. The Labute approximate surface area is 197 Å². The number of carbonyl (C=O) groups is 2. The first-order valence-corrected chi connectivity index (χ1v) is 11.3. The van der Waals surface area contributed by atoms with Crippen LogP contribution in [-0.4, -0.2) is 135 Å². The van der Waals surface area contributed by atoms with Crippen molar-refractivity contribution < 1.29 is 76.7 Å². The maximum atomic E-state index is 12.6. The van der Waals surface area contributed by atoms with Crippen LogP contribution in [0.5, 0.6) is 0 Å². The van der Waals surface area contributed by atoms with Crippen molar-refractivity contribution in [3.63, 3.8) is 0 Å². The highest BCUT2D eigenvalue weighted by molar-refractivity contribution is 7.81. The second-order valence-corrected chi connectivity index (χ2v) is 8.98. The molecule has 18 nitrogen and oxygen atoms in total. The molecule has 0 aromatic heterocycles. The molecule has 2 heterocycles. The van der Waals surface area contributed by atoms with E-state index in [2.05, 4.69) is 8.37 Å². The van der Waals surface area contributed by atoms with Crippen LogP contribution in [0.15, 0.2) is 0 Å². The molecule has 0 saturated carbocycles. The molecule has 2 rings (SSSR count). The number of rotatable bonds is 8. The van der Waals surface area contributed by atoms with Gasteiger partial charge < -0.3 is 61.0 Å². The Balaban J connectivity index is 2.41. The highest BCUT2D eigenvalue weighted by Gasteiger charge is 2.61. The van der Waals surface area contributed by atoms with Gasteiger partial charge in [0.05, 0.1) is 13.2 Å². The van der Waals surface area contributed by atoms with E-state index >= 15 is 0 Å². The van der Waals surface area contributed by atoms with Crippen molar-refractivity contribution in [2.75, 3.05) is 13.2 Å². The van der Waals surface area contributed by atoms with Gasteiger partial charge in [0, 0.05) is 13.8 Å². The summed E-state index contributed by atoms with van der Waals surface area (Å²) in [5, 5.41) is 84.2. The lowest BCUT2D eigenvalue weighted by Crippen LogP contribution is -2.73. The van der Waals surface area contributed by atoms with Gasteiger partial charge in [-0.15, -0.1) is 0 Å². The maximum Gasteiger partial charge on any atom is 0.409 e. The van der Waals surface area contributed by atoms with Crippen LogP contribution < -0.4 is 10.6 Å². The Morgan fingerprint density at radius 1 is 0.771 bits per heavy atom. The Bertz CT molecular complexity index is 825. The van der Waals surface area contributed by atoms with Gasteiger partial charge in [-0.3, -0.25) is 9.59 Å². The summed E-state index contributed by atoms with van der Waals surface area (Å²) >= 11 is 0. The van der Waals surface area contributed by atoms with E-state index < -0.39 is 96.1 Å². The first-order valence-electron chi connectivity index (χ1n) is 9.95. The zero-order valence-corrected chi connectivity index (χ0v) is 19.1. The molecule has 35 heavy (non-hydrogen) atoms. The quantitative estimate of drug-likeness (QED) is 0.129. The first-order chi connectivity index (χ1) is 16.0. The Hall–Kier alpha value is -1.59. The fourth-order valence-electron chi connectivity index (χ4n) is 3.52. The average molecular weight is 536 g/mol. The van der Waals surface area contributed by atoms with Crippen molar-refractivity contribution in [2.45, 2.75) is 74.5 Å². The smallest absolute Gasteiger partial charge is 0.394 e. The van der Waals surface area contributed by atoms with Gasteiger partial charge in [-0.05, 0) is 0 Å². The van der Waals surface area contributed by atoms with E-state index in [1.54, 1.807) is 0 Å². The lowest BCUT2D eigenvalue weighted by Gasteiger charge is -2.47. The fraction of sp³-hybridized carbons (Fsp3) is 0.875. The summed E-state index contributed by atoms with van der Waals surface area (Å²) in [6.45, 7) is -0.364. The molecule has 0 aliphatic carbocycles. The number of hydrogen-bond donors (Lipinski definition) is 10. The van der Waals surface area contributed by atoms with Crippen LogP contribution in [0.4, 0.5) is 0 Å². The summed E-state index contributed by atoms with van der Waals surface area (Å²) in [7, 11) is -5.78. The summed E-state index contributed by atoms with van der Waals surface area (Å²) in [5.74, 6) is -9.04. The third-order valence-electron chi connectivity index (χ3n) is 5.09. The van der Waals surface area contributed by atoms with Crippen molar-refractivity contribution >= 4 is 22.2 Å². The van der Waals surface area contributed by atoms with Gasteiger partial charge in [0.2, 0.25) is 11.8 Å². The molecule has 2 saturated heterocycles. The van der Waals surface area contributed by atoms with Crippen molar-refractivity contribution in [2.24, 2.45) is 0 Å². The van der Waals surface area contributed by atoms with Crippen molar-refractivity contribution in [3.05, 3.63) is 0 Å². The highest BCUT2D eigenvalue weighted by Crippen LogP contribution is 2.35. The molecule has 0 unspecified atom stereocenters. The lowest BCUT2D eigenvalue weighted by molar-refractivity contribution is -0.413. The van der Waals surface area contributed by atoms with E-state index in [9.17, 15) is 58.9 Å². The van der Waals surface area contributed by atoms with E-state index in [0.29, 0.717) is 0 Å². The summed E-state index contributed by atoms with van der Waals surface area (Å²) < 4.78 is 43.8. The summed E-state index contributed by atoms with van der Waals surface area (Å²) in [5.41, 5.74) is 0. The molecule has 10 atom stereocenters. The number of aliphatic hydroxyl groups excluding tert-OH is 6. The van der Waals surface area contributed by atoms with Gasteiger partial charge in [0.25, 0.3) is 0 Å². The fourth-order valence-corrected chi connectivity index (χ4v) is 4.42. The zero-order chi connectivity index (χ0) is 26.9. The topological polar surface area (TPSA) is 291 Å². The molecule has 2 aliphatic rings. The molecule has 204 valence electrons. The van der Waals surface area contributed by atoms with Gasteiger partial charge in [-0.2, -0.15) is 16.8 Å². The Morgan fingerprint density at radius 3 is 1.34 bits per heavy atom. The molecular weight excluding hydrogens is 508 g/mol. The normalized spacial score (nSPS) is 42.3. The average Bonchev–Trinajstić information content (AvgIpc) is 2.73. The molecule has 0 aromatic rings. The van der Waals surface area contributed by atoms with Crippen molar-refractivity contribution in [1.82, 2.24) is 10.6 Å². The molecule has 2 fully saturated rings. The van der Waals surface area contributed by atoms with Crippen LogP contribution in [0, 0.1) is 0 Å². The minimum atomic E-state index is -5.78. The van der Waals surface area contributed by atoms with Gasteiger partial charge in [-0.1, -0.05) is 0 Å². The summed E-state index contributed by atoms with van der Waals surface area (Å²) in [6.07, 6.45) is -11.9. The van der Waals surface area contributed by atoms with E-state index in [1.165, 1.54) is 0 Å². The molecule has 2 aliphatic heterocycles. The number of aliphatic hydroxyl groups is 8. The predicted molar refractivity (Wildman–Crippen MR) is 104 cm³/mol.